The lowest BCUT2D eigenvalue weighted by Crippen LogP contribution is -2.43. The molecule has 0 aliphatic heterocycles. The third kappa shape index (κ3) is 6.03. The molecule has 3 N–H and O–H groups in total. The molecule has 20 heavy (non-hydrogen) atoms. The molecule has 0 saturated heterocycles. The van der Waals surface area contributed by atoms with Crippen LogP contribution in [-0.2, 0) is 4.79 Å². The highest BCUT2D eigenvalue weighted by Gasteiger charge is 2.26. The Morgan fingerprint density at radius 2 is 1.80 bits per heavy atom. The number of carboxylic acids is 1. The number of urea groups is 1. The van der Waals surface area contributed by atoms with E-state index in [-0.39, 0.29) is 16.7 Å². The zero-order valence-corrected chi connectivity index (χ0v) is 13.4. The number of hydrogen-bond donors (Lipinski definition) is 3. The van der Waals surface area contributed by atoms with E-state index in [9.17, 15) is 9.59 Å². The number of thioether (sulfide) groups is 1. The summed E-state index contributed by atoms with van der Waals surface area (Å²) in [5.74, 6) is -0.471. The van der Waals surface area contributed by atoms with Crippen molar-refractivity contribution in [3.05, 3.63) is 0 Å². The third-order valence-corrected chi connectivity index (χ3v) is 5.22. The maximum atomic E-state index is 11.7. The van der Waals surface area contributed by atoms with E-state index in [0.29, 0.717) is 19.0 Å². The topological polar surface area (TPSA) is 78.4 Å². The number of carbonyl (C=O) groups excluding carboxylic acids is 1. The first kappa shape index (κ1) is 17.1. The lowest BCUT2D eigenvalue weighted by molar-refractivity contribution is -0.143. The number of nitrogens with one attached hydrogen (secondary N) is 2. The standard InChI is InChI=1S/C14H26N2O3S/c1-14(2,20-3)9-16-13(19)15-8-10-4-6-11(7-5-10)12(17)18/h10-11H,4-9H2,1-3H3,(H,17,18)(H2,15,16,19). The molecule has 0 aromatic carbocycles. The summed E-state index contributed by atoms with van der Waals surface area (Å²) in [6.45, 7) is 5.44. The normalized spacial score (nSPS) is 23.1. The summed E-state index contributed by atoms with van der Waals surface area (Å²) in [5, 5.41) is 14.7. The van der Waals surface area contributed by atoms with E-state index in [4.69, 9.17) is 5.11 Å². The van der Waals surface area contributed by atoms with Gasteiger partial charge >= 0.3 is 12.0 Å². The van der Waals surface area contributed by atoms with E-state index < -0.39 is 5.97 Å². The number of amides is 2. The van der Waals surface area contributed by atoms with Crippen molar-refractivity contribution in [1.29, 1.82) is 0 Å². The average Bonchev–Trinajstić information content (AvgIpc) is 2.43. The van der Waals surface area contributed by atoms with Crippen LogP contribution in [0.25, 0.3) is 0 Å². The van der Waals surface area contributed by atoms with Gasteiger partial charge in [0.1, 0.15) is 0 Å². The molecule has 0 bridgehead atoms. The minimum atomic E-state index is -0.687. The molecule has 5 nitrogen and oxygen atoms in total. The van der Waals surface area contributed by atoms with Gasteiger partial charge in [0.25, 0.3) is 0 Å². The van der Waals surface area contributed by atoms with Crippen LogP contribution < -0.4 is 10.6 Å². The van der Waals surface area contributed by atoms with Crippen LogP contribution in [0.1, 0.15) is 39.5 Å². The molecule has 0 aromatic rings. The first-order valence-electron chi connectivity index (χ1n) is 7.13. The number of aliphatic carboxylic acids is 1. The molecule has 1 saturated carbocycles. The highest BCUT2D eigenvalue weighted by molar-refractivity contribution is 7.99. The maximum absolute atomic E-state index is 11.7. The maximum Gasteiger partial charge on any atom is 0.314 e. The Balaban J connectivity index is 2.18. The van der Waals surface area contributed by atoms with Crippen molar-refractivity contribution >= 4 is 23.8 Å². The summed E-state index contributed by atoms with van der Waals surface area (Å²) >= 11 is 1.72. The SMILES string of the molecule is CSC(C)(C)CNC(=O)NCC1CCC(C(=O)O)CC1. The Labute approximate surface area is 125 Å². The fraction of sp³-hybridized carbons (Fsp3) is 0.857. The van der Waals surface area contributed by atoms with Gasteiger partial charge in [-0.3, -0.25) is 4.79 Å². The van der Waals surface area contributed by atoms with E-state index in [1.165, 1.54) is 0 Å². The smallest absolute Gasteiger partial charge is 0.314 e. The van der Waals surface area contributed by atoms with Crippen LogP contribution in [0.4, 0.5) is 4.79 Å². The van der Waals surface area contributed by atoms with E-state index in [1.807, 2.05) is 6.26 Å². The van der Waals surface area contributed by atoms with Gasteiger partial charge in [-0.25, -0.2) is 4.79 Å². The molecule has 6 heteroatoms. The van der Waals surface area contributed by atoms with Gasteiger partial charge in [0.05, 0.1) is 5.92 Å². The van der Waals surface area contributed by atoms with Gasteiger partial charge in [0.2, 0.25) is 0 Å². The van der Waals surface area contributed by atoms with Crippen LogP contribution >= 0.6 is 11.8 Å². The van der Waals surface area contributed by atoms with E-state index in [2.05, 4.69) is 24.5 Å². The molecule has 0 aromatic heterocycles. The van der Waals surface area contributed by atoms with Crippen LogP contribution in [-0.4, -0.2) is 41.2 Å². The summed E-state index contributed by atoms with van der Waals surface area (Å²) < 4.78 is 0.0386. The lowest BCUT2D eigenvalue weighted by atomic mass is 9.82. The summed E-state index contributed by atoms with van der Waals surface area (Å²) in [6.07, 6.45) is 5.24. The van der Waals surface area contributed by atoms with Gasteiger partial charge in [-0.1, -0.05) is 0 Å². The van der Waals surface area contributed by atoms with Crippen LogP contribution in [0.5, 0.6) is 0 Å². The molecule has 0 atom stereocenters. The Kier molecular flexibility index (Phi) is 6.65. The van der Waals surface area contributed by atoms with Crippen LogP contribution in [0, 0.1) is 11.8 Å². The van der Waals surface area contributed by atoms with Crippen molar-refractivity contribution in [2.45, 2.75) is 44.3 Å². The molecule has 0 spiro atoms. The monoisotopic (exact) mass is 302 g/mol. The summed E-state index contributed by atoms with van der Waals surface area (Å²) in [5.41, 5.74) is 0. The Hall–Kier alpha value is -0.910. The average molecular weight is 302 g/mol. The van der Waals surface area contributed by atoms with Crippen LogP contribution in [0.3, 0.4) is 0 Å². The van der Waals surface area contributed by atoms with Crippen LogP contribution in [0.2, 0.25) is 0 Å². The quantitative estimate of drug-likeness (QED) is 0.703. The van der Waals surface area contributed by atoms with Gasteiger partial charge < -0.3 is 15.7 Å². The van der Waals surface area contributed by atoms with Crippen molar-refractivity contribution in [3.8, 4) is 0 Å². The largest absolute Gasteiger partial charge is 0.481 e. The van der Waals surface area contributed by atoms with Gasteiger partial charge in [-0.15, -0.1) is 0 Å². The molecule has 0 heterocycles. The van der Waals surface area contributed by atoms with E-state index in [1.54, 1.807) is 11.8 Å². The minimum absolute atomic E-state index is 0.0386. The van der Waals surface area contributed by atoms with Gasteiger partial charge in [-0.2, -0.15) is 11.8 Å². The molecule has 0 unspecified atom stereocenters. The van der Waals surface area contributed by atoms with Crippen molar-refractivity contribution < 1.29 is 14.7 Å². The predicted octanol–water partition coefficient (Wildman–Crippen LogP) is 2.32. The molecule has 1 aliphatic rings. The van der Waals surface area contributed by atoms with Gasteiger partial charge in [0.15, 0.2) is 0 Å². The summed E-state index contributed by atoms with van der Waals surface area (Å²) in [4.78, 5) is 22.5. The van der Waals surface area contributed by atoms with Crippen molar-refractivity contribution in [2.75, 3.05) is 19.3 Å². The fourth-order valence-corrected chi connectivity index (χ4v) is 2.49. The van der Waals surface area contributed by atoms with Gasteiger partial charge in [-0.05, 0) is 51.7 Å². The van der Waals surface area contributed by atoms with E-state index in [0.717, 1.165) is 25.7 Å². The zero-order valence-electron chi connectivity index (χ0n) is 12.6. The first-order chi connectivity index (χ1) is 9.34. The molecule has 0 radical (unpaired) electrons. The van der Waals surface area contributed by atoms with Crippen molar-refractivity contribution in [3.63, 3.8) is 0 Å². The molecule has 116 valence electrons. The molecule has 1 aliphatic carbocycles. The second kappa shape index (κ2) is 7.76. The third-order valence-electron chi connectivity index (χ3n) is 3.97. The molecular formula is C14H26N2O3S. The van der Waals surface area contributed by atoms with Gasteiger partial charge in [0, 0.05) is 17.8 Å². The number of rotatable bonds is 6. The second-order valence-corrected chi connectivity index (χ2v) is 7.60. The highest BCUT2D eigenvalue weighted by Crippen LogP contribution is 2.28. The number of carboxylic acid groups (broad SMARTS) is 1. The van der Waals surface area contributed by atoms with Crippen molar-refractivity contribution in [2.24, 2.45) is 11.8 Å². The number of carbonyl (C=O) groups is 2. The van der Waals surface area contributed by atoms with Crippen LogP contribution in [0.15, 0.2) is 0 Å². The highest BCUT2D eigenvalue weighted by atomic mass is 32.2. The summed E-state index contributed by atoms with van der Waals surface area (Å²) in [6, 6.07) is -0.132. The Morgan fingerprint density at radius 1 is 1.20 bits per heavy atom. The number of hydrogen-bond acceptors (Lipinski definition) is 3. The predicted molar refractivity (Wildman–Crippen MR) is 82.1 cm³/mol. The molecular weight excluding hydrogens is 276 g/mol. The fourth-order valence-electron chi connectivity index (χ4n) is 2.28. The lowest BCUT2D eigenvalue weighted by Gasteiger charge is -2.26. The Bertz CT molecular complexity index is 339. The Morgan fingerprint density at radius 3 is 2.30 bits per heavy atom. The molecule has 1 fully saturated rings. The zero-order chi connectivity index (χ0) is 15.2. The van der Waals surface area contributed by atoms with Crippen molar-refractivity contribution in [1.82, 2.24) is 10.6 Å². The molecule has 2 amide bonds. The molecule has 1 rings (SSSR count). The van der Waals surface area contributed by atoms with E-state index >= 15 is 0 Å². The summed E-state index contributed by atoms with van der Waals surface area (Å²) in [7, 11) is 0. The second-order valence-electron chi connectivity index (χ2n) is 6.08. The minimum Gasteiger partial charge on any atom is -0.481 e. The first-order valence-corrected chi connectivity index (χ1v) is 8.36.